The van der Waals surface area contributed by atoms with E-state index in [0.29, 0.717) is 17.3 Å². The standard InChI is InChI=1S/C14H16ClNO2/c1-18-13-5-4-11(8-12(13)15)14(9-16-10-17)6-2-3-7-14/h4-5,8H,2-3,6-7,9H2,1H3. The molecule has 0 radical (unpaired) electrons. The monoisotopic (exact) mass is 265 g/mol. The minimum atomic E-state index is -0.0483. The number of nitrogens with zero attached hydrogens (tertiary/aromatic N) is 1. The van der Waals surface area contributed by atoms with Crippen LogP contribution in [0.15, 0.2) is 23.2 Å². The summed E-state index contributed by atoms with van der Waals surface area (Å²) in [6.45, 7) is 0.499. The topological polar surface area (TPSA) is 38.7 Å². The zero-order chi connectivity index (χ0) is 13.0. The summed E-state index contributed by atoms with van der Waals surface area (Å²) < 4.78 is 5.16. The fourth-order valence-corrected chi connectivity index (χ4v) is 3.03. The van der Waals surface area contributed by atoms with Gasteiger partial charge in [0.2, 0.25) is 6.08 Å². The van der Waals surface area contributed by atoms with Crippen molar-refractivity contribution in [1.29, 1.82) is 0 Å². The molecule has 0 saturated heterocycles. The van der Waals surface area contributed by atoms with E-state index in [1.807, 2.05) is 18.2 Å². The molecule has 3 nitrogen and oxygen atoms in total. The average molecular weight is 266 g/mol. The van der Waals surface area contributed by atoms with Crippen molar-refractivity contribution in [2.24, 2.45) is 4.99 Å². The summed E-state index contributed by atoms with van der Waals surface area (Å²) in [5.41, 5.74) is 1.10. The minimum Gasteiger partial charge on any atom is -0.495 e. The molecule has 0 heterocycles. The zero-order valence-electron chi connectivity index (χ0n) is 10.4. The van der Waals surface area contributed by atoms with Crippen molar-refractivity contribution in [2.75, 3.05) is 13.7 Å². The van der Waals surface area contributed by atoms with Gasteiger partial charge in [-0.1, -0.05) is 30.5 Å². The molecule has 1 aromatic rings. The molecule has 1 aromatic carbocycles. The maximum Gasteiger partial charge on any atom is 0.234 e. The quantitative estimate of drug-likeness (QED) is 0.617. The third-order valence-electron chi connectivity index (χ3n) is 3.77. The van der Waals surface area contributed by atoms with Crippen molar-refractivity contribution in [1.82, 2.24) is 0 Å². The number of rotatable bonds is 4. The van der Waals surface area contributed by atoms with Gasteiger partial charge in [0.25, 0.3) is 0 Å². The van der Waals surface area contributed by atoms with Gasteiger partial charge < -0.3 is 4.74 Å². The fraction of sp³-hybridized carbons (Fsp3) is 0.500. The largest absolute Gasteiger partial charge is 0.495 e. The van der Waals surface area contributed by atoms with Crippen LogP contribution in [0.1, 0.15) is 31.2 Å². The van der Waals surface area contributed by atoms with Crippen LogP contribution >= 0.6 is 11.6 Å². The van der Waals surface area contributed by atoms with Gasteiger partial charge in [-0.2, -0.15) is 0 Å². The molecule has 0 bridgehead atoms. The molecule has 1 saturated carbocycles. The molecule has 0 atom stereocenters. The second-order valence-electron chi connectivity index (χ2n) is 4.74. The Labute approximate surface area is 112 Å². The lowest BCUT2D eigenvalue weighted by atomic mass is 9.79. The van der Waals surface area contributed by atoms with Gasteiger partial charge in [0.15, 0.2) is 0 Å². The molecule has 1 aliphatic rings. The van der Waals surface area contributed by atoms with Crippen molar-refractivity contribution in [2.45, 2.75) is 31.1 Å². The molecule has 96 valence electrons. The lowest BCUT2D eigenvalue weighted by molar-refractivity contribution is 0.412. The van der Waals surface area contributed by atoms with E-state index >= 15 is 0 Å². The van der Waals surface area contributed by atoms with E-state index < -0.39 is 0 Å². The van der Waals surface area contributed by atoms with E-state index in [0.717, 1.165) is 31.2 Å². The first-order valence-electron chi connectivity index (χ1n) is 6.09. The molecule has 0 N–H and O–H groups in total. The summed E-state index contributed by atoms with van der Waals surface area (Å²) in [7, 11) is 1.60. The predicted octanol–water partition coefficient (Wildman–Crippen LogP) is 3.50. The zero-order valence-corrected chi connectivity index (χ0v) is 11.2. The van der Waals surface area contributed by atoms with Crippen LogP contribution in [0.2, 0.25) is 5.02 Å². The summed E-state index contributed by atoms with van der Waals surface area (Å²) in [5, 5.41) is 0.608. The number of methoxy groups -OCH3 is 1. The predicted molar refractivity (Wildman–Crippen MR) is 71.1 cm³/mol. The number of benzene rings is 1. The number of hydrogen-bond acceptors (Lipinski definition) is 3. The molecule has 0 aromatic heterocycles. The van der Waals surface area contributed by atoms with Crippen molar-refractivity contribution >= 4 is 17.7 Å². The van der Waals surface area contributed by atoms with Crippen LogP contribution in [-0.4, -0.2) is 19.7 Å². The molecule has 0 unspecified atom stereocenters. The van der Waals surface area contributed by atoms with Gasteiger partial charge in [-0.05, 0) is 30.5 Å². The molecule has 0 spiro atoms. The van der Waals surface area contributed by atoms with Gasteiger partial charge >= 0.3 is 0 Å². The number of aliphatic imine (C=N–C) groups is 1. The van der Waals surface area contributed by atoms with Crippen LogP contribution in [-0.2, 0) is 10.2 Å². The number of hydrogen-bond donors (Lipinski definition) is 0. The summed E-state index contributed by atoms with van der Waals surface area (Å²) in [6, 6.07) is 5.84. The Morgan fingerprint density at radius 3 is 2.72 bits per heavy atom. The van der Waals surface area contributed by atoms with Gasteiger partial charge in [0.05, 0.1) is 18.7 Å². The minimum absolute atomic E-state index is 0.0483. The molecule has 1 aliphatic carbocycles. The van der Waals surface area contributed by atoms with E-state index in [1.165, 1.54) is 0 Å². The van der Waals surface area contributed by atoms with Gasteiger partial charge in [-0.15, -0.1) is 0 Å². The van der Waals surface area contributed by atoms with Crippen molar-refractivity contribution in [3.63, 3.8) is 0 Å². The second-order valence-corrected chi connectivity index (χ2v) is 5.15. The van der Waals surface area contributed by atoms with Crippen molar-refractivity contribution in [3.05, 3.63) is 28.8 Å². The first-order valence-corrected chi connectivity index (χ1v) is 6.47. The number of carbonyl (C=O) groups excluding carboxylic acids is 1. The first-order chi connectivity index (χ1) is 8.72. The molecular weight excluding hydrogens is 250 g/mol. The Morgan fingerprint density at radius 2 is 2.17 bits per heavy atom. The maximum atomic E-state index is 10.4. The lowest BCUT2D eigenvalue weighted by Crippen LogP contribution is -2.25. The smallest absolute Gasteiger partial charge is 0.234 e. The molecule has 1 fully saturated rings. The highest BCUT2D eigenvalue weighted by Crippen LogP contribution is 2.43. The van der Waals surface area contributed by atoms with E-state index in [9.17, 15) is 4.79 Å². The SMILES string of the molecule is COc1ccc(C2(CN=C=O)CCCC2)cc1Cl. The van der Waals surface area contributed by atoms with Crippen LogP contribution in [0.3, 0.4) is 0 Å². The van der Waals surface area contributed by atoms with E-state index in [-0.39, 0.29) is 5.41 Å². The summed E-state index contributed by atoms with van der Waals surface area (Å²) in [5.74, 6) is 0.674. The molecule has 0 amide bonds. The summed E-state index contributed by atoms with van der Waals surface area (Å²) in [6.07, 6.45) is 6.06. The van der Waals surface area contributed by atoms with Gasteiger partial charge in [0, 0.05) is 5.41 Å². The van der Waals surface area contributed by atoms with E-state index in [4.69, 9.17) is 16.3 Å². The summed E-state index contributed by atoms with van der Waals surface area (Å²) >= 11 is 6.17. The van der Waals surface area contributed by atoms with Crippen LogP contribution in [0.25, 0.3) is 0 Å². The number of isocyanates is 1. The Balaban J connectivity index is 2.36. The molecule has 2 rings (SSSR count). The highest BCUT2D eigenvalue weighted by molar-refractivity contribution is 6.32. The Kier molecular flexibility index (Phi) is 4.05. The van der Waals surface area contributed by atoms with Crippen LogP contribution in [0.5, 0.6) is 5.75 Å². The molecule has 18 heavy (non-hydrogen) atoms. The van der Waals surface area contributed by atoms with Crippen molar-refractivity contribution < 1.29 is 9.53 Å². The number of halogens is 1. The summed E-state index contributed by atoms with van der Waals surface area (Å²) in [4.78, 5) is 14.2. The maximum absolute atomic E-state index is 10.4. The van der Waals surface area contributed by atoms with Crippen LogP contribution < -0.4 is 4.74 Å². The van der Waals surface area contributed by atoms with Crippen LogP contribution in [0, 0.1) is 0 Å². The Hall–Kier alpha value is -1.31. The van der Waals surface area contributed by atoms with Gasteiger partial charge in [0.1, 0.15) is 5.75 Å². The van der Waals surface area contributed by atoms with Crippen LogP contribution in [0.4, 0.5) is 0 Å². The highest BCUT2D eigenvalue weighted by Gasteiger charge is 2.35. The molecular formula is C14H16ClNO2. The van der Waals surface area contributed by atoms with Gasteiger partial charge in [-0.25, -0.2) is 9.79 Å². The first kappa shape index (κ1) is 13.1. The van der Waals surface area contributed by atoms with Gasteiger partial charge in [-0.3, -0.25) is 0 Å². The third kappa shape index (κ3) is 2.43. The Morgan fingerprint density at radius 1 is 1.44 bits per heavy atom. The second kappa shape index (κ2) is 5.55. The Bertz CT molecular complexity index is 475. The van der Waals surface area contributed by atoms with Crippen molar-refractivity contribution in [3.8, 4) is 5.75 Å². The normalized spacial score (nSPS) is 17.2. The number of ether oxygens (including phenoxy) is 1. The molecule has 4 heteroatoms. The van der Waals surface area contributed by atoms with E-state index in [1.54, 1.807) is 13.2 Å². The lowest BCUT2D eigenvalue weighted by Gasteiger charge is -2.27. The third-order valence-corrected chi connectivity index (χ3v) is 4.07. The molecule has 0 aliphatic heterocycles. The van der Waals surface area contributed by atoms with E-state index in [2.05, 4.69) is 4.99 Å². The highest BCUT2D eigenvalue weighted by atomic mass is 35.5. The fourth-order valence-electron chi connectivity index (χ4n) is 2.77. The average Bonchev–Trinajstić information content (AvgIpc) is 2.86.